The van der Waals surface area contributed by atoms with Gasteiger partial charge in [-0.05, 0) is 42.8 Å². The Balaban J connectivity index is 2.25. The SMILES string of the molecule is Cc1cc(Cl)ccc1NC(=O)CN(c1ccc(F)c(F)c1)S(C)(=O)=O. The van der Waals surface area contributed by atoms with Crippen molar-refractivity contribution in [3.05, 3.63) is 58.6 Å². The molecule has 0 atom stereocenters. The van der Waals surface area contributed by atoms with Gasteiger partial charge in [0.15, 0.2) is 11.6 Å². The van der Waals surface area contributed by atoms with E-state index in [0.717, 1.165) is 24.5 Å². The van der Waals surface area contributed by atoms with E-state index in [1.165, 1.54) is 0 Å². The maximum atomic E-state index is 13.4. The highest BCUT2D eigenvalue weighted by atomic mass is 35.5. The lowest BCUT2D eigenvalue weighted by molar-refractivity contribution is -0.114. The molecule has 0 saturated carbocycles. The van der Waals surface area contributed by atoms with Crippen LogP contribution in [0.3, 0.4) is 0 Å². The summed E-state index contributed by atoms with van der Waals surface area (Å²) in [6.45, 7) is 1.14. The third-order valence-electron chi connectivity index (χ3n) is 3.34. The summed E-state index contributed by atoms with van der Waals surface area (Å²) in [6.07, 6.45) is 0.870. The van der Waals surface area contributed by atoms with Crippen LogP contribution in [0.1, 0.15) is 5.56 Å². The van der Waals surface area contributed by atoms with Crippen LogP contribution in [0.4, 0.5) is 20.2 Å². The number of halogens is 3. The van der Waals surface area contributed by atoms with E-state index < -0.39 is 34.1 Å². The van der Waals surface area contributed by atoms with Crippen molar-refractivity contribution >= 4 is 38.9 Å². The van der Waals surface area contributed by atoms with E-state index in [1.54, 1.807) is 25.1 Å². The van der Waals surface area contributed by atoms with Crippen molar-refractivity contribution in [3.8, 4) is 0 Å². The molecule has 9 heteroatoms. The van der Waals surface area contributed by atoms with Crippen LogP contribution < -0.4 is 9.62 Å². The number of benzene rings is 2. The number of carbonyl (C=O) groups is 1. The molecule has 0 fully saturated rings. The number of rotatable bonds is 5. The lowest BCUT2D eigenvalue weighted by Gasteiger charge is -2.22. The first kappa shape index (κ1) is 19.1. The van der Waals surface area contributed by atoms with E-state index in [0.29, 0.717) is 20.6 Å². The summed E-state index contributed by atoms with van der Waals surface area (Å²) < 4.78 is 51.0. The molecule has 0 radical (unpaired) electrons. The van der Waals surface area contributed by atoms with E-state index in [4.69, 9.17) is 11.6 Å². The summed E-state index contributed by atoms with van der Waals surface area (Å²) in [5, 5.41) is 3.06. The summed E-state index contributed by atoms with van der Waals surface area (Å²) in [5.41, 5.74) is 1.01. The summed E-state index contributed by atoms with van der Waals surface area (Å²) in [4.78, 5) is 12.2. The summed E-state index contributed by atoms with van der Waals surface area (Å²) in [5.74, 6) is -2.96. The number of hydrogen-bond donors (Lipinski definition) is 1. The van der Waals surface area contributed by atoms with Crippen LogP contribution >= 0.6 is 11.6 Å². The first-order valence-electron chi connectivity index (χ1n) is 7.06. The largest absolute Gasteiger partial charge is 0.324 e. The third kappa shape index (κ3) is 4.90. The second kappa shape index (κ2) is 7.37. The van der Waals surface area contributed by atoms with E-state index in [2.05, 4.69) is 5.32 Å². The first-order valence-corrected chi connectivity index (χ1v) is 9.29. The summed E-state index contributed by atoms with van der Waals surface area (Å²) in [6, 6.07) is 7.40. The Bertz CT molecular complexity index is 920. The quantitative estimate of drug-likeness (QED) is 0.854. The highest BCUT2D eigenvalue weighted by Gasteiger charge is 2.22. The Kier molecular flexibility index (Phi) is 5.64. The molecule has 1 amide bonds. The Morgan fingerprint density at radius 1 is 1.16 bits per heavy atom. The number of aryl methyl sites for hydroxylation is 1. The average Bonchev–Trinajstić information content (AvgIpc) is 2.49. The van der Waals surface area contributed by atoms with Gasteiger partial charge in [-0.15, -0.1) is 0 Å². The molecule has 5 nitrogen and oxygen atoms in total. The van der Waals surface area contributed by atoms with Crippen LogP contribution in [0.25, 0.3) is 0 Å². The second-order valence-electron chi connectivity index (χ2n) is 5.38. The van der Waals surface area contributed by atoms with Crippen molar-refractivity contribution < 1.29 is 22.0 Å². The van der Waals surface area contributed by atoms with Crippen molar-refractivity contribution in [2.24, 2.45) is 0 Å². The standard InChI is InChI=1S/C16H15ClF2N2O3S/c1-10-7-11(17)3-6-15(10)20-16(22)9-21(25(2,23)24)12-4-5-13(18)14(19)8-12/h3-8H,9H2,1-2H3,(H,20,22). The van der Waals surface area contributed by atoms with Crippen LogP contribution in [-0.2, 0) is 14.8 Å². The third-order valence-corrected chi connectivity index (χ3v) is 4.72. The number of anilines is 2. The van der Waals surface area contributed by atoms with Gasteiger partial charge in [0.05, 0.1) is 11.9 Å². The molecule has 2 rings (SSSR count). The zero-order valence-electron chi connectivity index (χ0n) is 13.4. The smallest absolute Gasteiger partial charge is 0.245 e. The number of carbonyl (C=O) groups excluding carboxylic acids is 1. The summed E-state index contributed by atoms with van der Waals surface area (Å²) in [7, 11) is -3.89. The highest BCUT2D eigenvalue weighted by Crippen LogP contribution is 2.22. The van der Waals surface area contributed by atoms with Crippen molar-refractivity contribution in [1.29, 1.82) is 0 Å². The molecule has 2 aromatic carbocycles. The van der Waals surface area contributed by atoms with Gasteiger partial charge in [-0.3, -0.25) is 9.10 Å². The van der Waals surface area contributed by atoms with Crippen LogP contribution in [-0.4, -0.2) is 27.1 Å². The van der Waals surface area contributed by atoms with Crippen molar-refractivity contribution in [1.82, 2.24) is 0 Å². The van der Waals surface area contributed by atoms with Gasteiger partial charge in [-0.2, -0.15) is 0 Å². The van der Waals surface area contributed by atoms with Gasteiger partial charge >= 0.3 is 0 Å². The minimum atomic E-state index is -3.89. The van der Waals surface area contributed by atoms with E-state index in [-0.39, 0.29) is 5.69 Å². The Hall–Kier alpha value is -2.19. The molecule has 134 valence electrons. The van der Waals surface area contributed by atoms with Gasteiger partial charge in [0.2, 0.25) is 15.9 Å². The van der Waals surface area contributed by atoms with Gasteiger partial charge in [0.25, 0.3) is 0 Å². The minimum Gasteiger partial charge on any atom is -0.324 e. The monoisotopic (exact) mass is 388 g/mol. The Morgan fingerprint density at radius 2 is 1.84 bits per heavy atom. The Morgan fingerprint density at radius 3 is 2.40 bits per heavy atom. The molecular formula is C16H15ClF2N2O3S. The normalized spacial score (nSPS) is 11.2. The zero-order chi connectivity index (χ0) is 18.8. The lowest BCUT2D eigenvalue weighted by Crippen LogP contribution is -2.37. The van der Waals surface area contributed by atoms with E-state index >= 15 is 0 Å². The summed E-state index contributed by atoms with van der Waals surface area (Å²) >= 11 is 5.84. The van der Waals surface area contributed by atoms with E-state index in [9.17, 15) is 22.0 Å². The molecule has 2 aromatic rings. The number of sulfonamides is 1. The number of amides is 1. The molecule has 0 aliphatic heterocycles. The fraction of sp³-hybridized carbons (Fsp3) is 0.188. The van der Waals surface area contributed by atoms with Gasteiger partial charge in [-0.1, -0.05) is 11.6 Å². The van der Waals surface area contributed by atoms with Crippen LogP contribution in [0.15, 0.2) is 36.4 Å². The molecule has 25 heavy (non-hydrogen) atoms. The fourth-order valence-corrected chi connectivity index (χ4v) is 3.20. The van der Waals surface area contributed by atoms with Crippen molar-refractivity contribution in [2.45, 2.75) is 6.92 Å². The molecule has 0 aliphatic rings. The molecule has 1 N–H and O–H groups in total. The number of nitrogens with one attached hydrogen (secondary N) is 1. The molecular weight excluding hydrogens is 374 g/mol. The molecule has 0 heterocycles. The number of nitrogens with zero attached hydrogens (tertiary/aromatic N) is 1. The average molecular weight is 389 g/mol. The molecule has 0 aliphatic carbocycles. The number of hydrogen-bond acceptors (Lipinski definition) is 3. The van der Waals surface area contributed by atoms with E-state index in [1.807, 2.05) is 0 Å². The fourth-order valence-electron chi connectivity index (χ4n) is 2.13. The minimum absolute atomic E-state index is 0.149. The van der Waals surface area contributed by atoms with Crippen LogP contribution in [0, 0.1) is 18.6 Å². The van der Waals surface area contributed by atoms with Crippen LogP contribution in [0.5, 0.6) is 0 Å². The maximum Gasteiger partial charge on any atom is 0.245 e. The molecule has 0 saturated heterocycles. The highest BCUT2D eigenvalue weighted by molar-refractivity contribution is 7.92. The predicted octanol–water partition coefficient (Wildman–Crippen LogP) is 3.33. The van der Waals surface area contributed by atoms with Crippen molar-refractivity contribution in [2.75, 3.05) is 22.4 Å². The van der Waals surface area contributed by atoms with Crippen molar-refractivity contribution in [3.63, 3.8) is 0 Å². The van der Waals surface area contributed by atoms with Gasteiger partial charge < -0.3 is 5.32 Å². The predicted molar refractivity (Wildman–Crippen MR) is 93.4 cm³/mol. The van der Waals surface area contributed by atoms with Crippen LogP contribution in [0.2, 0.25) is 5.02 Å². The molecule has 0 spiro atoms. The maximum absolute atomic E-state index is 13.4. The van der Waals surface area contributed by atoms with Gasteiger partial charge in [0.1, 0.15) is 6.54 Å². The molecule has 0 bridgehead atoms. The first-order chi connectivity index (χ1) is 11.6. The second-order valence-corrected chi connectivity index (χ2v) is 7.72. The molecule has 0 unspecified atom stereocenters. The lowest BCUT2D eigenvalue weighted by atomic mass is 10.2. The zero-order valence-corrected chi connectivity index (χ0v) is 15.0. The molecule has 0 aromatic heterocycles. The Labute approximate surface area is 149 Å². The van der Waals surface area contributed by atoms with Gasteiger partial charge in [-0.25, -0.2) is 17.2 Å². The topological polar surface area (TPSA) is 66.5 Å². The van der Waals surface area contributed by atoms with Gasteiger partial charge in [0, 0.05) is 16.8 Å².